The second-order valence-electron chi connectivity index (χ2n) is 5.55. The van der Waals surface area contributed by atoms with Crippen molar-refractivity contribution < 1.29 is 22.7 Å². The van der Waals surface area contributed by atoms with Crippen LogP contribution in [0.1, 0.15) is 17.5 Å². The van der Waals surface area contributed by atoms with Crippen molar-refractivity contribution in [2.24, 2.45) is 0 Å². The topological polar surface area (TPSA) is 41.6 Å². The Kier molecular flexibility index (Phi) is 6.81. The number of amides is 1. The summed E-state index contributed by atoms with van der Waals surface area (Å²) in [6.45, 7) is 4.81. The first-order valence-electron chi connectivity index (χ1n) is 7.88. The minimum atomic E-state index is -4.35. The highest BCUT2D eigenvalue weighted by Crippen LogP contribution is 2.29. The fourth-order valence-electron chi connectivity index (χ4n) is 2.35. The lowest BCUT2D eigenvalue weighted by Crippen LogP contribution is -2.38. The van der Waals surface area contributed by atoms with Gasteiger partial charge in [-0.15, -0.1) is 0 Å². The zero-order valence-electron chi connectivity index (χ0n) is 13.3. The molecule has 2 rings (SSSR count). The first-order chi connectivity index (χ1) is 11.4. The van der Waals surface area contributed by atoms with Crippen LogP contribution in [0.2, 0.25) is 0 Å². The lowest BCUT2D eigenvalue weighted by molar-refractivity contribution is -0.137. The Balaban J connectivity index is 1.68. The molecule has 0 unspecified atom stereocenters. The van der Waals surface area contributed by atoms with Gasteiger partial charge < -0.3 is 10.1 Å². The number of carbonyl (C=O) groups excluding carboxylic acids is 1. The highest BCUT2D eigenvalue weighted by molar-refractivity contribution is 5.91. The molecule has 0 bridgehead atoms. The smallest absolute Gasteiger partial charge is 0.379 e. The number of ether oxygens (including phenoxy) is 1. The van der Waals surface area contributed by atoms with Crippen LogP contribution in [0.15, 0.2) is 30.3 Å². The molecular formula is C17H21F3N2O2. The summed E-state index contributed by atoms with van der Waals surface area (Å²) >= 11 is 0. The molecule has 1 aromatic rings. The van der Waals surface area contributed by atoms with E-state index >= 15 is 0 Å². The van der Waals surface area contributed by atoms with Gasteiger partial charge in [-0.3, -0.25) is 9.69 Å². The van der Waals surface area contributed by atoms with Crippen LogP contribution in [0.5, 0.6) is 0 Å². The van der Waals surface area contributed by atoms with Crippen molar-refractivity contribution in [1.29, 1.82) is 0 Å². The molecule has 1 amide bonds. The van der Waals surface area contributed by atoms with E-state index in [-0.39, 0.29) is 5.91 Å². The van der Waals surface area contributed by atoms with Gasteiger partial charge in [-0.05, 0) is 36.7 Å². The average molecular weight is 342 g/mol. The third kappa shape index (κ3) is 6.33. The monoisotopic (exact) mass is 342 g/mol. The molecule has 1 saturated heterocycles. The van der Waals surface area contributed by atoms with E-state index in [9.17, 15) is 18.0 Å². The third-order valence-corrected chi connectivity index (χ3v) is 3.72. The second kappa shape index (κ2) is 8.84. The Morgan fingerprint density at radius 2 is 1.88 bits per heavy atom. The Labute approximate surface area is 139 Å². The van der Waals surface area contributed by atoms with Crippen LogP contribution in [-0.2, 0) is 15.7 Å². The quantitative estimate of drug-likeness (QED) is 0.638. The molecule has 1 aliphatic rings. The summed E-state index contributed by atoms with van der Waals surface area (Å²) in [5.74, 6) is -0.253. The predicted molar refractivity (Wildman–Crippen MR) is 85.4 cm³/mol. The summed E-state index contributed by atoms with van der Waals surface area (Å²) < 4.78 is 42.6. The largest absolute Gasteiger partial charge is 0.416 e. The van der Waals surface area contributed by atoms with Crippen molar-refractivity contribution >= 4 is 12.0 Å². The molecule has 1 aliphatic heterocycles. The molecule has 1 N–H and O–H groups in total. The van der Waals surface area contributed by atoms with Crippen LogP contribution < -0.4 is 5.32 Å². The standard InChI is InChI=1S/C17H21F3N2O2/c18-17(19,20)15-5-2-14(3-6-15)4-7-16(23)21-8-1-9-22-10-12-24-13-11-22/h2-7H,1,8-13H2,(H,21,23)/b7-4+. The molecule has 24 heavy (non-hydrogen) atoms. The minimum absolute atomic E-state index is 0.253. The molecule has 0 radical (unpaired) electrons. The van der Waals surface area contributed by atoms with Crippen LogP contribution in [-0.4, -0.2) is 50.2 Å². The molecule has 7 heteroatoms. The fraction of sp³-hybridized carbons (Fsp3) is 0.471. The molecule has 1 heterocycles. The van der Waals surface area contributed by atoms with Gasteiger partial charge in [-0.2, -0.15) is 13.2 Å². The van der Waals surface area contributed by atoms with Crippen molar-refractivity contribution in [2.75, 3.05) is 39.4 Å². The molecule has 0 saturated carbocycles. The maximum Gasteiger partial charge on any atom is 0.416 e. The number of nitrogens with zero attached hydrogens (tertiary/aromatic N) is 1. The van der Waals surface area contributed by atoms with Crippen LogP contribution in [0.3, 0.4) is 0 Å². The maximum absolute atomic E-state index is 12.4. The van der Waals surface area contributed by atoms with Crippen LogP contribution in [0, 0.1) is 0 Å². The molecule has 4 nitrogen and oxygen atoms in total. The van der Waals surface area contributed by atoms with Gasteiger partial charge >= 0.3 is 6.18 Å². The second-order valence-corrected chi connectivity index (χ2v) is 5.55. The number of hydrogen-bond donors (Lipinski definition) is 1. The molecule has 1 aromatic carbocycles. The number of morpholine rings is 1. The highest BCUT2D eigenvalue weighted by Gasteiger charge is 2.29. The summed E-state index contributed by atoms with van der Waals surface area (Å²) in [6.07, 6.45) is -0.672. The van der Waals surface area contributed by atoms with E-state index in [0.29, 0.717) is 12.1 Å². The fourth-order valence-corrected chi connectivity index (χ4v) is 2.35. The number of benzene rings is 1. The Morgan fingerprint density at radius 3 is 2.50 bits per heavy atom. The summed E-state index contributed by atoms with van der Waals surface area (Å²) in [5, 5.41) is 2.76. The van der Waals surface area contributed by atoms with Crippen molar-refractivity contribution in [3.63, 3.8) is 0 Å². The molecule has 0 aromatic heterocycles. The number of nitrogens with one attached hydrogen (secondary N) is 1. The summed E-state index contributed by atoms with van der Waals surface area (Å²) in [7, 11) is 0. The number of halogens is 3. The zero-order valence-corrected chi connectivity index (χ0v) is 13.3. The molecular weight excluding hydrogens is 321 g/mol. The van der Waals surface area contributed by atoms with Gasteiger partial charge in [0.1, 0.15) is 0 Å². The Hall–Kier alpha value is -1.86. The van der Waals surface area contributed by atoms with E-state index in [0.717, 1.165) is 51.4 Å². The molecule has 132 valence electrons. The summed E-state index contributed by atoms with van der Waals surface area (Å²) in [4.78, 5) is 14.0. The molecule has 1 fully saturated rings. The van der Waals surface area contributed by atoms with E-state index in [4.69, 9.17) is 4.74 Å². The number of alkyl halides is 3. The predicted octanol–water partition coefficient (Wildman–Crippen LogP) is 2.56. The summed E-state index contributed by atoms with van der Waals surface area (Å²) in [5.41, 5.74) is -0.154. The molecule has 0 atom stereocenters. The van der Waals surface area contributed by atoms with E-state index in [1.807, 2.05) is 0 Å². The van der Waals surface area contributed by atoms with Crippen LogP contribution in [0.4, 0.5) is 13.2 Å². The molecule has 0 spiro atoms. The first-order valence-corrected chi connectivity index (χ1v) is 7.88. The van der Waals surface area contributed by atoms with Gasteiger partial charge in [0.2, 0.25) is 5.91 Å². The van der Waals surface area contributed by atoms with Crippen molar-refractivity contribution in [1.82, 2.24) is 10.2 Å². The maximum atomic E-state index is 12.4. The first kappa shape index (κ1) is 18.5. The number of rotatable bonds is 6. The van der Waals surface area contributed by atoms with E-state index in [1.165, 1.54) is 24.3 Å². The van der Waals surface area contributed by atoms with E-state index in [1.54, 1.807) is 0 Å². The van der Waals surface area contributed by atoms with Crippen molar-refractivity contribution in [2.45, 2.75) is 12.6 Å². The SMILES string of the molecule is O=C(/C=C/c1ccc(C(F)(F)F)cc1)NCCCN1CCOCC1. The minimum Gasteiger partial charge on any atom is -0.379 e. The third-order valence-electron chi connectivity index (χ3n) is 3.72. The zero-order chi connectivity index (χ0) is 17.4. The number of hydrogen-bond acceptors (Lipinski definition) is 3. The van der Waals surface area contributed by atoms with Crippen LogP contribution >= 0.6 is 0 Å². The highest BCUT2D eigenvalue weighted by atomic mass is 19.4. The van der Waals surface area contributed by atoms with E-state index in [2.05, 4.69) is 10.2 Å². The van der Waals surface area contributed by atoms with E-state index < -0.39 is 11.7 Å². The van der Waals surface area contributed by atoms with Gasteiger partial charge in [-0.1, -0.05) is 12.1 Å². The Bertz CT molecular complexity index is 550. The van der Waals surface area contributed by atoms with Gasteiger partial charge in [-0.25, -0.2) is 0 Å². The van der Waals surface area contributed by atoms with Crippen molar-refractivity contribution in [3.8, 4) is 0 Å². The number of carbonyl (C=O) groups is 1. The van der Waals surface area contributed by atoms with Gasteiger partial charge in [0.25, 0.3) is 0 Å². The Morgan fingerprint density at radius 1 is 1.21 bits per heavy atom. The lowest BCUT2D eigenvalue weighted by atomic mass is 10.1. The van der Waals surface area contributed by atoms with Gasteiger partial charge in [0.05, 0.1) is 18.8 Å². The summed E-state index contributed by atoms with van der Waals surface area (Å²) in [6, 6.07) is 4.68. The van der Waals surface area contributed by atoms with Gasteiger partial charge in [0.15, 0.2) is 0 Å². The normalized spacial score (nSPS) is 16.5. The lowest BCUT2D eigenvalue weighted by Gasteiger charge is -2.26. The van der Waals surface area contributed by atoms with Gasteiger partial charge in [0, 0.05) is 25.7 Å². The van der Waals surface area contributed by atoms with Crippen LogP contribution in [0.25, 0.3) is 6.08 Å². The molecule has 0 aliphatic carbocycles. The van der Waals surface area contributed by atoms with Crippen molar-refractivity contribution in [3.05, 3.63) is 41.5 Å². The average Bonchev–Trinajstić information content (AvgIpc) is 2.57.